The van der Waals surface area contributed by atoms with E-state index in [0.717, 1.165) is 19.3 Å². The summed E-state index contributed by atoms with van der Waals surface area (Å²) in [5.41, 5.74) is -0.450. The van der Waals surface area contributed by atoms with Crippen LogP contribution in [0.4, 0.5) is 0 Å². The number of carbonyl (C=O) groups excluding carboxylic acids is 1. The van der Waals surface area contributed by atoms with E-state index in [1.165, 1.54) is 0 Å². The summed E-state index contributed by atoms with van der Waals surface area (Å²) >= 11 is 0. The molecule has 0 saturated carbocycles. The Bertz CT molecular complexity index is 553. The van der Waals surface area contributed by atoms with Crippen LogP contribution >= 0.6 is 0 Å². The molecule has 2 fully saturated rings. The molecule has 0 aromatic carbocycles. The summed E-state index contributed by atoms with van der Waals surface area (Å²) in [6, 6.07) is 3.59. The number of amides is 1. The van der Waals surface area contributed by atoms with Crippen molar-refractivity contribution in [3.8, 4) is 0 Å². The van der Waals surface area contributed by atoms with E-state index in [0.29, 0.717) is 25.3 Å². The van der Waals surface area contributed by atoms with Crippen LogP contribution in [0.2, 0.25) is 0 Å². The third kappa shape index (κ3) is 3.24. The molecule has 126 valence electrons. The van der Waals surface area contributed by atoms with Gasteiger partial charge in [0.05, 0.1) is 17.8 Å². The minimum absolute atomic E-state index is 0.0109. The van der Waals surface area contributed by atoms with Crippen molar-refractivity contribution in [2.75, 3.05) is 26.7 Å². The van der Waals surface area contributed by atoms with Gasteiger partial charge in [0.2, 0.25) is 0 Å². The predicted octanol–water partition coefficient (Wildman–Crippen LogP) is 0.816. The third-order valence-electron chi connectivity index (χ3n) is 5.22. The molecule has 1 aromatic rings. The molecule has 1 amide bonds. The van der Waals surface area contributed by atoms with E-state index in [-0.39, 0.29) is 17.6 Å². The van der Waals surface area contributed by atoms with Gasteiger partial charge in [0.15, 0.2) is 0 Å². The van der Waals surface area contributed by atoms with Gasteiger partial charge in [0, 0.05) is 31.5 Å². The van der Waals surface area contributed by atoms with Crippen molar-refractivity contribution in [3.05, 3.63) is 30.1 Å². The van der Waals surface area contributed by atoms with E-state index in [2.05, 4.69) is 10.3 Å². The van der Waals surface area contributed by atoms with Crippen molar-refractivity contribution >= 4 is 5.91 Å². The number of hydrogen-bond acceptors (Lipinski definition) is 5. The van der Waals surface area contributed by atoms with E-state index >= 15 is 0 Å². The molecule has 3 rings (SSSR count). The van der Waals surface area contributed by atoms with E-state index in [1.54, 1.807) is 24.5 Å². The SMILES string of the molecule is CN[C@H]1CC2(CCN(C(=O)c3cccnc3)CC2)OC[C@]1(C)O. The molecular formula is C17H25N3O3. The highest BCUT2D eigenvalue weighted by Crippen LogP contribution is 2.38. The number of aromatic nitrogens is 1. The maximum Gasteiger partial charge on any atom is 0.255 e. The number of piperidine rings is 1. The molecule has 0 aliphatic carbocycles. The first kappa shape index (κ1) is 16.4. The van der Waals surface area contributed by atoms with Gasteiger partial charge in [-0.1, -0.05) is 0 Å². The topological polar surface area (TPSA) is 74.7 Å². The zero-order valence-electron chi connectivity index (χ0n) is 13.8. The van der Waals surface area contributed by atoms with Crippen LogP contribution in [0.15, 0.2) is 24.5 Å². The number of nitrogens with one attached hydrogen (secondary N) is 1. The zero-order valence-corrected chi connectivity index (χ0v) is 13.8. The number of likely N-dealkylation sites (tertiary alicyclic amines) is 1. The van der Waals surface area contributed by atoms with E-state index in [1.807, 2.05) is 18.9 Å². The Morgan fingerprint density at radius 1 is 1.48 bits per heavy atom. The van der Waals surface area contributed by atoms with Crippen LogP contribution in [0.1, 0.15) is 36.5 Å². The monoisotopic (exact) mass is 319 g/mol. The molecule has 2 N–H and O–H groups in total. The molecule has 2 aliphatic rings. The number of carbonyl (C=O) groups is 1. The first-order valence-electron chi connectivity index (χ1n) is 8.19. The Labute approximate surface area is 136 Å². The highest BCUT2D eigenvalue weighted by Gasteiger charge is 2.48. The van der Waals surface area contributed by atoms with Crippen LogP contribution in [0, 0.1) is 0 Å². The van der Waals surface area contributed by atoms with Gasteiger partial charge in [-0.05, 0) is 45.4 Å². The summed E-state index contributed by atoms with van der Waals surface area (Å²) in [6.45, 7) is 3.48. The lowest BCUT2D eigenvalue weighted by Gasteiger charge is -2.50. The molecule has 0 radical (unpaired) electrons. The number of nitrogens with zero attached hydrogens (tertiary/aromatic N) is 2. The number of aliphatic hydroxyl groups is 1. The summed E-state index contributed by atoms with van der Waals surface area (Å²) < 4.78 is 6.05. The second kappa shape index (κ2) is 6.19. The van der Waals surface area contributed by atoms with Crippen LogP contribution in [0.5, 0.6) is 0 Å². The van der Waals surface area contributed by atoms with Crippen molar-refractivity contribution in [3.63, 3.8) is 0 Å². The van der Waals surface area contributed by atoms with Gasteiger partial charge in [-0.3, -0.25) is 9.78 Å². The van der Waals surface area contributed by atoms with Gasteiger partial charge in [-0.2, -0.15) is 0 Å². The largest absolute Gasteiger partial charge is 0.386 e. The third-order valence-corrected chi connectivity index (χ3v) is 5.22. The first-order chi connectivity index (χ1) is 11.0. The van der Waals surface area contributed by atoms with E-state index in [9.17, 15) is 9.90 Å². The second-order valence-corrected chi connectivity index (χ2v) is 6.91. The zero-order chi connectivity index (χ0) is 16.5. The molecule has 1 aromatic heterocycles. The van der Waals surface area contributed by atoms with Gasteiger partial charge >= 0.3 is 0 Å². The fourth-order valence-electron chi connectivity index (χ4n) is 3.60. The van der Waals surface area contributed by atoms with Gasteiger partial charge in [0.25, 0.3) is 5.91 Å². The van der Waals surface area contributed by atoms with Crippen molar-refractivity contribution < 1.29 is 14.6 Å². The quantitative estimate of drug-likeness (QED) is 0.844. The lowest BCUT2D eigenvalue weighted by Crippen LogP contribution is -2.62. The van der Waals surface area contributed by atoms with Gasteiger partial charge in [-0.25, -0.2) is 0 Å². The van der Waals surface area contributed by atoms with E-state index < -0.39 is 5.60 Å². The number of pyridine rings is 1. The smallest absolute Gasteiger partial charge is 0.255 e. The summed E-state index contributed by atoms with van der Waals surface area (Å²) in [7, 11) is 1.87. The average molecular weight is 319 g/mol. The molecule has 1 spiro atoms. The van der Waals surface area contributed by atoms with Crippen LogP contribution in [0.3, 0.4) is 0 Å². The van der Waals surface area contributed by atoms with Crippen LogP contribution in [-0.2, 0) is 4.74 Å². The highest BCUT2D eigenvalue weighted by molar-refractivity contribution is 5.93. The standard InChI is InChI=1S/C17H25N3O3/c1-16(22)12-23-17(10-14(16)18-2)5-8-20(9-6-17)15(21)13-4-3-7-19-11-13/h3-4,7,11,14,18,22H,5-6,8-10,12H2,1-2H3/t14-,16-/m0/s1. The van der Waals surface area contributed by atoms with E-state index in [4.69, 9.17) is 4.74 Å². The van der Waals surface area contributed by atoms with Crippen molar-refractivity contribution in [2.45, 2.75) is 43.4 Å². The van der Waals surface area contributed by atoms with Crippen molar-refractivity contribution in [1.82, 2.24) is 15.2 Å². The summed E-state index contributed by atoms with van der Waals surface area (Å²) in [5.74, 6) is 0.0286. The van der Waals surface area contributed by atoms with Crippen LogP contribution < -0.4 is 5.32 Å². The number of hydrogen-bond donors (Lipinski definition) is 2. The van der Waals surface area contributed by atoms with Gasteiger partial charge < -0.3 is 20.1 Å². The van der Waals surface area contributed by atoms with Crippen LogP contribution in [0.25, 0.3) is 0 Å². The number of rotatable bonds is 2. The lowest BCUT2D eigenvalue weighted by atomic mass is 9.77. The fourth-order valence-corrected chi connectivity index (χ4v) is 3.60. The number of ether oxygens (including phenoxy) is 1. The lowest BCUT2D eigenvalue weighted by molar-refractivity contribution is -0.189. The molecule has 23 heavy (non-hydrogen) atoms. The second-order valence-electron chi connectivity index (χ2n) is 6.91. The highest BCUT2D eigenvalue weighted by atomic mass is 16.5. The maximum atomic E-state index is 12.5. The molecule has 3 heterocycles. The summed E-state index contributed by atoms with van der Waals surface area (Å²) in [5, 5.41) is 13.6. The maximum absolute atomic E-state index is 12.5. The average Bonchev–Trinajstić information content (AvgIpc) is 2.58. The Hall–Kier alpha value is -1.50. The molecule has 0 bridgehead atoms. The molecule has 2 atom stereocenters. The molecule has 2 saturated heterocycles. The van der Waals surface area contributed by atoms with Gasteiger partial charge in [0.1, 0.15) is 5.60 Å². The normalized spacial score (nSPS) is 30.4. The Morgan fingerprint density at radius 3 is 2.83 bits per heavy atom. The molecule has 6 heteroatoms. The Balaban J connectivity index is 1.63. The van der Waals surface area contributed by atoms with Gasteiger partial charge in [-0.15, -0.1) is 0 Å². The predicted molar refractivity (Wildman–Crippen MR) is 86.1 cm³/mol. The fraction of sp³-hybridized carbons (Fsp3) is 0.647. The van der Waals surface area contributed by atoms with Crippen LogP contribution in [-0.4, -0.2) is 64.9 Å². The Kier molecular flexibility index (Phi) is 4.40. The Morgan fingerprint density at radius 2 is 2.22 bits per heavy atom. The molecule has 6 nitrogen and oxygen atoms in total. The van der Waals surface area contributed by atoms with Crippen molar-refractivity contribution in [1.29, 1.82) is 0 Å². The van der Waals surface area contributed by atoms with Crippen molar-refractivity contribution in [2.24, 2.45) is 0 Å². The molecular weight excluding hydrogens is 294 g/mol. The molecule has 2 aliphatic heterocycles. The summed E-state index contributed by atoms with van der Waals surface area (Å²) in [4.78, 5) is 18.4. The summed E-state index contributed by atoms with van der Waals surface area (Å²) in [6.07, 6.45) is 5.64. The molecule has 0 unspecified atom stereocenters. The minimum atomic E-state index is -0.845. The number of likely N-dealkylation sites (N-methyl/N-ethyl adjacent to an activating group) is 1. The minimum Gasteiger partial charge on any atom is -0.386 e. The first-order valence-corrected chi connectivity index (χ1v) is 8.19.